The van der Waals surface area contributed by atoms with Crippen molar-refractivity contribution in [3.63, 3.8) is 0 Å². The van der Waals surface area contributed by atoms with Crippen LogP contribution in [0.1, 0.15) is 36.9 Å². The van der Waals surface area contributed by atoms with Crippen LogP contribution in [0.5, 0.6) is 0 Å². The molecule has 1 heterocycles. The van der Waals surface area contributed by atoms with Crippen molar-refractivity contribution in [1.29, 1.82) is 0 Å². The molecule has 0 N–H and O–H groups in total. The van der Waals surface area contributed by atoms with Crippen LogP contribution in [0.2, 0.25) is 0 Å². The highest BCUT2D eigenvalue weighted by Gasteiger charge is 2.31. The van der Waals surface area contributed by atoms with Crippen molar-refractivity contribution in [2.75, 3.05) is 0 Å². The molecule has 2 heteroatoms. The van der Waals surface area contributed by atoms with E-state index in [-0.39, 0.29) is 0 Å². The van der Waals surface area contributed by atoms with Crippen molar-refractivity contribution in [1.82, 2.24) is 4.98 Å². The Bertz CT molecular complexity index is 578. The zero-order valence-corrected chi connectivity index (χ0v) is 12.4. The minimum Gasteiger partial charge on any atom is -0.253 e. The molecule has 2 aromatic rings. The van der Waals surface area contributed by atoms with Gasteiger partial charge in [-0.25, -0.2) is 0 Å². The summed E-state index contributed by atoms with van der Waals surface area (Å²) in [4.78, 5) is 5.24. The first-order valence-electron chi connectivity index (χ1n) is 6.66. The number of fused-ring (bicyclic) bond motifs is 1. The van der Waals surface area contributed by atoms with Crippen LogP contribution in [0.3, 0.4) is 0 Å². The highest BCUT2D eigenvalue weighted by atomic mass is 79.9. The van der Waals surface area contributed by atoms with Gasteiger partial charge in [0.15, 0.2) is 0 Å². The van der Waals surface area contributed by atoms with Crippen LogP contribution in [-0.4, -0.2) is 9.81 Å². The zero-order valence-electron chi connectivity index (χ0n) is 10.9. The lowest BCUT2D eigenvalue weighted by molar-refractivity contribution is 0.545. The summed E-state index contributed by atoms with van der Waals surface area (Å²) in [6, 6.07) is 11.0. The summed E-state index contributed by atoms with van der Waals surface area (Å²) in [5.74, 6) is 1.42. The number of benzene rings is 1. The standard InChI is InChI=1S/C16H18BrN/c1-10-3-4-13-9-12(5-8-16(13)18-10)14-6-7-15(17)11(14)2/h3-5,8-9,11,14-15H,6-7H2,1-2H3. The summed E-state index contributed by atoms with van der Waals surface area (Å²) < 4.78 is 0. The SMILES string of the molecule is Cc1ccc2cc(C3CCC(Br)C3C)ccc2n1. The summed E-state index contributed by atoms with van der Waals surface area (Å²) in [7, 11) is 0. The first-order valence-corrected chi connectivity index (χ1v) is 7.58. The molecule has 1 nitrogen and oxygen atoms in total. The first kappa shape index (κ1) is 12.2. The summed E-state index contributed by atoms with van der Waals surface area (Å²) in [6.45, 7) is 4.40. The van der Waals surface area contributed by atoms with E-state index >= 15 is 0 Å². The molecule has 18 heavy (non-hydrogen) atoms. The number of nitrogens with zero attached hydrogens (tertiary/aromatic N) is 1. The number of aromatic nitrogens is 1. The first-order chi connectivity index (χ1) is 8.65. The van der Waals surface area contributed by atoms with Gasteiger partial charge in [-0.1, -0.05) is 35.0 Å². The second kappa shape index (κ2) is 4.65. The van der Waals surface area contributed by atoms with E-state index < -0.39 is 0 Å². The van der Waals surface area contributed by atoms with Crippen LogP contribution in [0, 0.1) is 12.8 Å². The van der Waals surface area contributed by atoms with Gasteiger partial charge in [0.1, 0.15) is 0 Å². The number of hydrogen-bond donors (Lipinski definition) is 0. The van der Waals surface area contributed by atoms with E-state index in [1.54, 1.807) is 0 Å². The van der Waals surface area contributed by atoms with E-state index in [0.717, 1.165) is 17.1 Å². The van der Waals surface area contributed by atoms with Crippen LogP contribution < -0.4 is 0 Å². The second-order valence-corrected chi connectivity index (χ2v) is 6.64. The second-order valence-electron chi connectivity index (χ2n) is 5.46. The Morgan fingerprint density at radius 1 is 1.17 bits per heavy atom. The molecule has 0 saturated heterocycles. The molecule has 1 aliphatic carbocycles. The third-order valence-electron chi connectivity index (χ3n) is 4.24. The van der Waals surface area contributed by atoms with Crippen molar-refractivity contribution in [2.24, 2.45) is 5.92 Å². The number of alkyl halides is 1. The molecule has 3 rings (SSSR count). The molecule has 0 bridgehead atoms. The number of pyridine rings is 1. The molecular weight excluding hydrogens is 286 g/mol. The molecule has 0 spiro atoms. The Morgan fingerprint density at radius 2 is 2.00 bits per heavy atom. The average Bonchev–Trinajstić information content (AvgIpc) is 2.69. The fraction of sp³-hybridized carbons (Fsp3) is 0.438. The Balaban J connectivity index is 2.01. The van der Waals surface area contributed by atoms with E-state index in [1.165, 1.54) is 23.8 Å². The molecular formula is C16H18BrN. The lowest BCUT2D eigenvalue weighted by atomic mass is 9.89. The normalized spacial score (nSPS) is 27.8. The van der Waals surface area contributed by atoms with Crippen molar-refractivity contribution in [2.45, 2.75) is 37.4 Å². The molecule has 3 atom stereocenters. The Hall–Kier alpha value is -0.890. The maximum atomic E-state index is 4.57. The number of rotatable bonds is 1. The van der Waals surface area contributed by atoms with Gasteiger partial charge in [0.05, 0.1) is 5.52 Å². The van der Waals surface area contributed by atoms with Crippen LogP contribution in [0.25, 0.3) is 10.9 Å². The van der Waals surface area contributed by atoms with Gasteiger partial charge in [-0.05, 0) is 55.4 Å². The Labute approximate surface area is 117 Å². The largest absolute Gasteiger partial charge is 0.253 e. The lowest BCUT2D eigenvalue weighted by Gasteiger charge is -2.18. The number of aryl methyl sites for hydroxylation is 1. The van der Waals surface area contributed by atoms with Crippen molar-refractivity contribution in [3.05, 3.63) is 41.6 Å². The summed E-state index contributed by atoms with van der Waals surface area (Å²) in [6.07, 6.45) is 2.58. The molecule has 1 aromatic heterocycles. The van der Waals surface area contributed by atoms with Crippen LogP contribution >= 0.6 is 15.9 Å². The number of halogens is 1. The highest BCUT2D eigenvalue weighted by Crippen LogP contribution is 2.43. The predicted octanol–water partition coefficient (Wildman–Crippen LogP) is 4.82. The minimum absolute atomic E-state index is 0.675. The minimum atomic E-state index is 0.675. The molecule has 0 amide bonds. The predicted molar refractivity (Wildman–Crippen MR) is 80.3 cm³/mol. The average molecular weight is 304 g/mol. The Morgan fingerprint density at radius 3 is 2.72 bits per heavy atom. The van der Waals surface area contributed by atoms with E-state index in [2.05, 4.69) is 58.2 Å². The maximum Gasteiger partial charge on any atom is 0.0705 e. The number of hydrogen-bond acceptors (Lipinski definition) is 1. The quantitative estimate of drug-likeness (QED) is 0.688. The fourth-order valence-corrected chi connectivity index (χ4v) is 3.70. The molecule has 0 radical (unpaired) electrons. The van der Waals surface area contributed by atoms with Crippen molar-refractivity contribution in [3.8, 4) is 0 Å². The van der Waals surface area contributed by atoms with E-state index in [0.29, 0.717) is 10.7 Å². The van der Waals surface area contributed by atoms with E-state index in [4.69, 9.17) is 0 Å². The topological polar surface area (TPSA) is 12.9 Å². The highest BCUT2D eigenvalue weighted by molar-refractivity contribution is 9.09. The Kier molecular flexibility index (Phi) is 3.14. The molecule has 3 unspecified atom stereocenters. The fourth-order valence-electron chi connectivity index (χ4n) is 3.06. The van der Waals surface area contributed by atoms with Gasteiger partial charge in [0, 0.05) is 15.9 Å². The molecule has 1 saturated carbocycles. The summed E-state index contributed by atoms with van der Waals surface area (Å²) in [5.41, 5.74) is 3.67. The van der Waals surface area contributed by atoms with Gasteiger partial charge >= 0.3 is 0 Å². The van der Waals surface area contributed by atoms with Gasteiger partial charge in [-0.15, -0.1) is 0 Å². The van der Waals surface area contributed by atoms with Gasteiger partial charge in [-0.3, -0.25) is 4.98 Å². The van der Waals surface area contributed by atoms with Gasteiger partial charge in [-0.2, -0.15) is 0 Å². The molecule has 1 aliphatic rings. The zero-order chi connectivity index (χ0) is 12.7. The molecule has 0 aliphatic heterocycles. The smallest absolute Gasteiger partial charge is 0.0705 e. The van der Waals surface area contributed by atoms with E-state index in [9.17, 15) is 0 Å². The maximum absolute atomic E-state index is 4.57. The van der Waals surface area contributed by atoms with Gasteiger partial charge in [0.2, 0.25) is 0 Å². The summed E-state index contributed by atoms with van der Waals surface area (Å²) >= 11 is 3.79. The van der Waals surface area contributed by atoms with Gasteiger partial charge < -0.3 is 0 Å². The van der Waals surface area contributed by atoms with Crippen LogP contribution in [0.4, 0.5) is 0 Å². The third-order valence-corrected chi connectivity index (χ3v) is 5.53. The molecule has 94 valence electrons. The monoisotopic (exact) mass is 303 g/mol. The van der Waals surface area contributed by atoms with Crippen LogP contribution in [-0.2, 0) is 0 Å². The molecule has 1 aromatic carbocycles. The summed E-state index contributed by atoms with van der Waals surface area (Å²) in [5, 5.41) is 1.27. The van der Waals surface area contributed by atoms with Gasteiger partial charge in [0.25, 0.3) is 0 Å². The molecule has 1 fully saturated rings. The van der Waals surface area contributed by atoms with E-state index in [1.807, 2.05) is 6.92 Å². The third kappa shape index (κ3) is 2.07. The van der Waals surface area contributed by atoms with Crippen LogP contribution in [0.15, 0.2) is 30.3 Å². The van der Waals surface area contributed by atoms with Crippen molar-refractivity contribution < 1.29 is 0 Å². The van der Waals surface area contributed by atoms with Crippen molar-refractivity contribution >= 4 is 26.8 Å². The lowest BCUT2D eigenvalue weighted by Crippen LogP contribution is -2.08.